The molecular formula is C17H22FN3O2. The van der Waals surface area contributed by atoms with Crippen LogP contribution in [0, 0.1) is 11.7 Å². The average Bonchev–Trinajstić information content (AvgIpc) is 3.30. The summed E-state index contributed by atoms with van der Waals surface area (Å²) in [5.41, 5.74) is 1.52. The van der Waals surface area contributed by atoms with Crippen LogP contribution in [-0.4, -0.2) is 34.7 Å². The van der Waals surface area contributed by atoms with Crippen molar-refractivity contribution in [3.05, 3.63) is 29.8 Å². The number of aromatic nitrogens is 2. The molecule has 124 valence electrons. The lowest BCUT2D eigenvalue weighted by Gasteiger charge is -2.13. The maximum absolute atomic E-state index is 13.2. The molecule has 1 aliphatic rings. The number of hydrogen-bond donors (Lipinski definition) is 1. The van der Waals surface area contributed by atoms with Crippen LogP contribution in [0.4, 0.5) is 4.39 Å². The topological polar surface area (TPSA) is 56.1 Å². The number of halogens is 1. The van der Waals surface area contributed by atoms with Crippen LogP contribution in [0.3, 0.4) is 0 Å². The molecule has 1 heterocycles. The molecule has 0 aliphatic heterocycles. The predicted octanol–water partition coefficient (Wildman–Crippen LogP) is 2.19. The molecule has 2 aromatic rings. The summed E-state index contributed by atoms with van der Waals surface area (Å²) in [7, 11) is 1.89. The number of ether oxygens (including phenoxy) is 1. The van der Waals surface area contributed by atoms with Gasteiger partial charge in [0.2, 0.25) is 5.91 Å². The summed E-state index contributed by atoms with van der Waals surface area (Å²) in [6, 6.07) is 4.56. The van der Waals surface area contributed by atoms with Gasteiger partial charge in [-0.15, -0.1) is 0 Å². The molecule has 1 aromatic carbocycles. The van der Waals surface area contributed by atoms with Crippen molar-refractivity contribution in [3.63, 3.8) is 0 Å². The number of imidazole rings is 1. The Labute approximate surface area is 134 Å². The number of amides is 1. The summed E-state index contributed by atoms with van der Waals surface area (Å²) in [6.45, 7) is 2.93. The third-order valence-corrected chi connectivity index (χ3v) is 4.23. The van der Waals surface area contributed by atoms with Crippen molar-refractivity contribution >= 4 is 16.9 Å². The summed E-state index contributed by atoms with van der Waals surface area (Å²) in [4.78, 5) is 16.4. The van der Waals surface area contributed by atoms with Crippen molar-refractivity contribution in [2.45, 2.75) is 32.3 Å². The van der Waals surface area contributed by atoms with E-state index < -0.39 is 6.10 Å². The number of carbonyl (C=O) groups excluding carboxylic acids is 1. The fourth-order valence-corrected chi connectivity index (χ4v) is 2.53. The standard InChI is InChI=1S/C17H22FN3O2/c1-11(23-10-12-3-4-12)17(22)19-8-7-16-20-14-9-13(18)5-6-15(14)21(16)2/h5-6,9,11-12H,3-4,7-8,10H2,1-2H3,(H,19,22)/t11-/m1/s1. The molecule has 1 atom stereocenters. The molecule has 1 aliphatic carbocycles. The Hall–Kier alpha value is -1.95. The molecule has 1 fully saturated rings. The summed E-state index contributed by atoms with van der Waals surface area (Å²) in [5.74, 6) is 1.07. The van der Waals surface area contributed by atoms with Crippen molar-refractivity contribution in [2.75, 3.05) is 13.2 Å². The molecule has 3 rings (SSSR count). The van der Waals surface area contributed by atoms with Crippen LogP contribution in [0.1, 0.15) is 25.6 Å². The number of nitrogens with one attached hydrogen (secondary N) is 1. The van der Waals surface area contributed by atoms with Gasteiger partial charge < -0.3 is 14.6 Å². The smallest absolute Gasteiger partial charge is 0.248 e. The highest BCUT2D eigenvalue weighted by molar-refractivity contribution is 5.80. The molecule has 1 N–H and O–H groups in total. The zero-order valence-corrected chi connectivity index (χ0v) is 13.5. The number of rotatable bonds is 7. The highest BCUT2D eigenvalue weighted by Crippen LogP contribution is 2.29. The van der Waals surface area contributed by atoms with Crippen molar-refractivity contribution in [1.29, 1.82) is 0 Å². The lowest BCUT2D eigenvalue weighted by molar-refractivity contribution is -0.131. The number of aryl methyl sites for hydroxylation is 1. The van der Waals surface area contributed by atoms with Crippen LogP contribution in [0.15, 0.2) is 18.2 Å². The molecule has 0 unspecified atom stereocenters. The first kappa shape index (κ1) is 15.9. The Kier molecular flexibility index (Phi) is 4.61. The van der Waals surface area contributed by atoms with Gasteiger partial charge in [0.1, 0.15) is 17.7 Å². The van der Waals surface area contributed by atoms with Crippen LogP contribution in [0.25, 0.3) is 11.0 Å². The van der Waals surface area contributed by atoms with E-state index in [4.69, 9.17) is 4.74 Å². The molecule has 6 heteroatoms. The summed E-state index contributed by atoms with van der Waals surface area (Å²) in [6.07, 6.45) is 2.59. The van der Waals surface area contributed by atoms with E-state index in [1.54, 1.807) is 13.0 Å². The number of carbonyl (C=O) groups is 1. The molecule has 0 spiro atoms. The van der Waals surface area contributed by atoms with Gasteiger partial charge in [-0.25, -0.2) is 9.37 Å². The Morgan fingerprint density at radius 3 is 3.04 bits per heavy atom. The van der Waals surface area contributed by atoms with E-state index >= 15 is 0 Å². The second kappa shape index (κ2) is 6.66. The fraction of sp³-hybridized carbons (Fsp3) is 0.529. The third kappa shape index (κ3) is 3.88. The molecule has 23 heavy (non-hydrogen) atoms. The minimum atomic E-state index is -0.426. The monoisotopic (exact) mass is 319 g/mol. The van der Waals surface area contributed by atoms with Crippen molar-refractivity contribution in [1.82, 2.24) is 14.9 Å². The second-order valence-corrected chi connectivity index (χ2v) is 6.18. The molecule has 0 saturated heterocycles. The molecule has 1 amide bonds. The molecule has 5 nitrogen and oxygen atoms in total. The third-order valence-electron chi connectivity index (χ3n) is 4.23. The quantitative estimate of drug-likeness (QED) is 0.851. The second-order valence-electron chi connectivity index (χ2n) is 6.18. The Balaban J connectivity index is 1.51. The largest absolute Gasteiger partial charge is 0.368 e. The van der Waals surface area contributed by atoms with E-state index in [9.17, 15) is 9.18 Å². The number of fused-ring (bicyclic) bond motifs is 1. The predicted molar refractivity (Wildman–Crippen MR) is 85.5 cm³/mol. The van der Waals surface area contributed by atoms with Crippen LogP contribution in [0.5, 0.6) is 0 Å². The first-order valence-electron chi connectivity index (χ1n) is 8.05. The van der Waals surface area contributed by atoms with Gasteiger partial charge in [0.15, 0.2) is 0 Å². The van der Waals surface area contributed by atoms with Crippen molar-refractivity contribution < 1.29 is 13.9 Å². The van der Waals surface area contributed by atoms with Crippen LogP contribution in [-0.2, 0) is 23.0 Å². The van der Waals surface area contributed by atoms with Gasteiger partial charge in [-0.2, -0.15) is 0 Å². The van der Waals surface area contributed by atoms with Crippen molar-refractivity contribution in [3.8, 4) is 0 Å². The fourth-order valence-electron chi connectivity index (χ4n) is 2.53. The highest BCUT2D eigenvalue weighted by atomic mass is 19.1. The van der Waals surface area contributed by atoms with Crippen LogP contribution >= 0.6 is 0 Å². The molecule has 1 saturated carbocycles. The zero-order chi connectivity index (χ0) is 16.4. The summed E-state index contributed by atoms with van der Waals surface area (Å²) >= 11 is 0. The van der Waals surface area contributed by atoms with Gasteiger partial charge in [-0.05, 0) is 37.8 Å². The van der Waals surface area contributed by atoms with E-state index in [2.05, 4.69) is 10.3 Å². The van der Waals surface area contributed by atoms with E-state index in [0.29, 0.717) is 31.0 Å². The van der Waals surface area contributed by atoms with E-state index in [-0.39, 0.29) is 11.7 Å². The number of nitrogens with zero attached hydrogens (tertiary/aromatic N) is 2. The first-order chi connectivity index (χ1) is 11.0. The molecular weight excluding hydrogens is 297 g/mol. The SMILES string of the molecule is C[C@@H](OCC1CC1)C(=O)NCCc1nc2cc(F)ccc2n1C. The van der Waals surface area contributed by atoms with Gasteiger partial charge >= 0.3 is 0 Å². The lowest BCUT2D eigenvalue weighted by atomic mass is 10.3. The van der Waals surface area contributed by atoms with Crippen molar-refractivity contribution in [2.24, 2.45) is 13.0 Å². The van der Waals surface area contributed by atoms with Gasteiger partial charge in [0.05, 0.1) is 17.6 Å². The van der Waals surface area contributed by atoms with Crippen LogP contribution < -0.4 is 5.32 Å². The van der Waals surface area contributed by atoms with Gasteiger partial charge in [0, 0.05) is 26.1 Å². The van der Waals surface area contributed by atoms with E-state index in [1.165, 1.54) is 25.0 Å². The first-order valence-corrected chi connectivity index (χ1v) is 8.05. The molecule has 0 bridgehead atoms. The van der Waals surface area contributed by atoms with Crippen LogP contribution in [0.2, 0.25) is 0 Å². The summed E-state index contributed by atoms with van der Waals surface area (Å²) in [5, 5.41) is 2.87. The maximum Gasteiger partial charge on any atom is 0.248 e. The van der Waals surface area contributed by atoms with Gasteiger partial charge in [-0.3, -0.25) is 4.79 Å². The van der Waals surface area contributed by atoms with E-state index in [0.717, 1.165) is 11.3 Å². The Morgan fingerprint density at radius 1 is 1.52 bits per heavy atom. The van der Waals surface area contributed by atoms with Gasteiger partial charge in [0.25, 0.3) is 0 Å². The minimum absolute atomic E-state index is 0.101. The average molecular weight is 319 g/mol. The van der Waals surface area contributed by atoms with Gasteiger partial charge in [-0.1, -0.05) is 0 Å². The zero-order valence-electron chi connectivity index (χ0n) is 13.5. The van der Waals surface area contributed by atoms with E-state index in [1.807, 2.05) is 11.6 Å². The molecule has 1 aromatic heterocycles. The normalized spacial score (nSPS) is 15.8. The number of benzene rings is 1. The lowest BCUT2D eigenvalue weighted by Crippen LogP contribution is -2.36. The Bertz CT molecular complexity index is 709. The number of hydrogen-bond acceptors (Lipinski definition) is 3. The minimum Gasteiger partial charge on any atom is -0.368 e. The summed E-state index contributed by atoms with van der Waals surface area (Å²) < 4.78 is 20.7. The molecule has 0 radical (unpaired) electrons. The maximum atomic E-state index is 13.2. The Morgan fingerprint density at radius 2 is 2.30 bits per heavy atom. The highest BCUT2D eigenvalue weighted by Gasteiger charge is 2.23.